The molecule has 53 heavy (non-hydrogen) atoms. The molecule has 0 radical (unpaired) electrons. The Labute approximate surface area is 324 Å². The van der Waals surface area contributed by atoms with Gasteiger partial charge in [-0.1, -0.05) is 194 Å². The van der Waals surface area contributed by atoms with Gasteiger partial charge >= 0.3 is 28.2 Å². The molecule has 3 heterocycles. The van der Waals surface area contributed by atoms with Gasteiger partial charge in [-0.3, -0.25) is 5.10 Å². The van der Waals surface area contributed by atoms with Gasteiger partial charge in [-0.2, -0.15) is 5.10 Å². The van der Waals surface area contributed by atoms with Crippen LogP contribution in [0, 0.1) is 0 Å². The molecule has 1 N–H and O–H groups in total. The zero-order valence-corrected chi connectivity index (χ0v) is 31.5. The molecule has 0 amide bonds. The van der Waals surface area contributed by atoms with Crippen molar-refractivity contribution in [2.75, 3.05) is 0 Å². The molecule has 6 aromatic carbocycles. The normalized spacial score (nSPS) is 10.1. The second kappa shape index (κ2) is 19.5. The molecule has 0 saturated heterocycles. The van der Waals surface area contributed by atoms with E-state index in [0.717, 1.165) is 67.5 Å². The Kier molecular flexibility index (Phi) is 13.5. The Morgan fingerprint density at radius 2 is 0.660 bits per heavy atom. The molecule has 9 rings (SSSR count). The fraction of sp³-hybridized carbons (Fsp3) is 0. The molecular formula is C45H34ClN6Pt-2. The number of hydrogen-bond acceptors (Lipinski definition) is 3. The summed E-state index contributed by atoms with van der Waals surface area (Å²) in [5.41, 5.74) is 12.4. The number of H-pyrrole nitrogens is 1. The molecular weight excluding hydrogens is 855 g/mol. The number of rotatable bonds is 6. The van der Waals surface area contributed by atoms with Crippen molar-refractivity contribution in [3.05, 3.63) is 200 Å². The molecule has 0 fully saturated rings. The molecule has 3 aromatic heterocycles. The molecule has 0 saturated carbocycles. The molecule has 8 heteroatoms. The number of aromatic amines is 1. The smallest absolute Gasteiger partial charge is 0.0927 e. The van der Waals surface area contributed by atoms with E-state index < -0.39 is 0 Å². The van der Waals surface area contributed by atoms with Gasteiger partial charge < -0.3 is 20.4 Å². The first-order valence-corrected chi connectivity index (χ1v) is 19.6. The van der Waals surface area contributed by atoms with Crippen LogP contribution >= 0.6 is 9.42 Å². The number of halogens is 1. The van der Waals surface area contributed by atoms with Crippen LogP contribution in [0.25, 0.3) is 67.5 Å². The van der Waals surface area contributed by atoms with Crippen molar-refractivity contribution in [3.63, 3.8) is 0 Å². The van der Waals surface area contributed by atoms with Crippen LogP contribution in [-0.4, -0.2) is 20.4 Å². The van der Waals surface area contributed by atoms with Gasteiger partial charge in [-0.25, -0.2) is 0 Å². The summed E-state index contributed by atoms with van der Waals surface area (Å²) in [6, 6.07) is 66.9. The minimum atomic E-state index is 0.921. The van der Waals surface area contributed by atoms with Gasteiger partial charge in [0.15, 0.2) is 0 Å². The Bertz CT molecular complexity index is 1910. The summed E-state index contributed by atoms with van der Waals surface area (Å²) in [5.74, 6) is 0. The molecule has 0 aliphatic heterocycles. The Morgan fingerprint density at radius 3 is 1.02 bits per heavy atom. The van der Waals surface area contributed by atoms with E-state index in [0.29, 0.717) is 0 Å². The third-order valence-corrected chi connectivity index (χ3v) is 8.09. The fourth-order valence-electron chi connectivity index (χ4n) is 5.43. The van der Waals surface area contributed by atoms with Crippen LogP contribution in [0.3, 0.4) is 0 Å². The minimum absolute atomic E-state index is 0.921. The standard InChI is InChI=1S/C15H12N2.2C15H11N2.ClH.Pt/c3*1-3-7-12(8-4-1)14-11-15(17-16-14)13-9-5-2-6-10-13;;/h1-11H,(H,16,17);2*1-11H;1H;/q;2*-1;;+1/p-1. The maximum Gasteiger partial charge on any atom is 0.0927 e. The summed E-state index contributed by atoms with van der Waals surface area (Å²) in [7, 11) is 4.61. The van der Waals surface area contributed by atoms with Crippen molar-refractivity contribution in [3.8, 4) is 67.5 Å². The third-order valence-electron chi connectivity index (χ3n) is 8.09. The monoisotopic (exact) mass is 888 g/mol. The van der Waals surface area contributed by atoms with E-state index in [9.17, 15) is 0 Å². The average Bonchev–Trinajstić information content (AvgIpc) is 4.07. The summed E-state index contributed by atoms with van der Waals surface area (Å²) in [5, 5.41) is 24.3. The Morgan fingerprint density at radius 1 is 0.358 bits per heavy atom. The van der Waals surface area contributed by atoms with Gasteiger partial charge in [0.05, 0.1) is 11.4 Å². The zero-order chi connectivity index (χ0) is 36.5. The van der Waals surface area contributed by atoms with Crippen LogP contribution in [0.15, 0.2) is 200 Å². The zero-order valence-electron chi connectivity index (χ0n) is 28.5. The SMILES string of the molecule is [Cl][Pt].c1ccc(-c2cc(-c3ccccc3)[n-]n2)cc1.c1ccc(-c2cc(-c3ccccc3)[n-]n2)cc1.c1ccc(-c2cc(-c3ccccc3)[nH]n2)cc1. The molecule has 0 unspecified atom stereocenters. The predicted molar refractivity (Wildman–Crippen MR) is 212 cm³/mol. The van der Waals surface area contributed by atoms with Crippen molar-refractivity contribution in [2.24, 2.45) is 0 Å². The Balaban J connectivity index is 0.000000133. The third kappa shape index (κ3) is 10.3. The van der Waals surface area contributed by atoms with E-state index in [4.69, 9.17) is 0 Å². The molecule has 263 valence electrons. The van der Waals surface area contributed by atoms with E-state index >= 15 is 0 Å². The number of hydrogen-bond donors (Lipinski definition) is 1. The maximum absolute atomic E-state index is 4.61. The number of aromatic nitrogens is 6. The first kappa shape index (κ1) is 36.7. The molecule has 0 atom stereocenters. The van der Waals surface area contributed by atoms with E-state index in [1.165, 1.54) is 0 Å². The van der Waals surface area contributed by atoms with Crippen LogP contribution in [-0.2, 0) is 18.8 Å². The average molecular weight is 889 g/mol. The van der Waals surface area contributed by atoms with Gasteiger partial charge in [0.2, 0.25) is 0 Å². The van der Waals surface area contributed by atoms with Crippen molar-refractivity contribution in [2.45, 2.75) is 0 Å². The van der Waals surface area contributed by atoms with Gasteiger partial charge in [0.25, 0.3) is 0 Å². The van der Waals surface area contributed by atoms with Crippen LogP contribution in [0.4, 0.5) is 0 Å². The van der Waals surface area contributed by atoms with Crippen LogP contribution < -0.4 is 10.2 Å². The largest absolute Gasteiger partial charge is 0.574 e. The molecule has 0 bridgehead atoms. The van der Waals surface area contributed by atoms with E-state index in [2.05, 4.69) is 70.3 Å². The van der Waals surface area contributed by atoms with E-state index in [-0.39, 0.29) is 0 Å². The molecule has 0 aliphatic carbocycles. The van der Waals surface area contributed by atoms with E-state index in [1.54, 1.807) is 18.8 Å². The van der Waals surface area contributed by atoms with Gasteiger partial charge in [0.1, 0.15) is 0 Å². The first-order chi connectivity index (χ1) is 26.3. The van der Waals surface area contributed by atoms with Crippen molar-refractivity contribution in [1.82, 2.24) is 30.6 Å². The van der Waals surface area contributed by atoms with Crippen molar-refractivity contribution in [1.29, 1.82) is 0 Å². The van der Waals surface area contributed by atoms with Crippen LogP contribution in [0.1, 0.15) is 0 Å². The first-order valence-electron chi connectivity index (χ1n) is 16.8. The summed E-state index contributed by atoms with van der Waals surface area (Å²) in [6.07, 6.45) is 0. The molecule has 0 spiro atoms. The topological polar surface area (TPSA) is 82.7 Å². The van der Waals surface area contributed by atoms with E-state index in [1.807, 2.05) is 170 Å². The number of nitrogens with zero attached hydrogens (tertiary/aromatic N) is 5. The van der Waals surface area contributed by atoms with Crippen molar-refractivity contribution < 1.29 is 18.8 Å². The van der Waals surface area contributed by atoms with Crippen LogP contribution in [0.5, 0.6) is 0 Å². The predicted octanol–water partition coefficient (Wildman–Crippen LogP) is 11.2. The Hall–Kier alpha value is -6.07. The summed E-state index contributed by atoms with van der Waals surface area (Å²) in [4.78, 5) is 0. The van der Waals surface area contributed by atoms with Gasteiger partial charge in [-0.15, -0.1) is 11.4 Å². The van der Waals surface area contributed by atoms with Gasteiger partial charge in [0, 0.05) is 17.0 Å². The number of benzene rings is 6. The van der Waals surface area contributed by atoms with Gasteiger partial charge in [-0.05, 0) is 33.9 Å². The second-order valence-corrected chi connectivity index (χ2v) is 11.6. The summed E-state index contributed by atoms with van der Waals surface area (Å²) >= 11 is 1.61. The van der Waals surface area contributed by atoms with Crippen molar-refractivity contribution >= 4 is 9.42 Å². The molecule has 6 nitrogen and oxygen atoms in total. The molecule has 0 aliphatic rings. The minimum Gasteiger partial charge on any atom is -0.574 e. The summed E-state index contributed by atoms with van der Waals surface area (Å²) in [6.45, 7) is 0. The number of nitrogens with one attached hydrogen (secondary N) is 1. The second-order valence-electron chi connectivity index (χ2n) is 11.6. The maximum atomic E-state index is 4.61. The van der Waals surface area contributed by atoms with Crippen LogP contribution in [0.2, 0.25) is 0 Å². The fourth-order valence-corrected chi connectivity index (χ4v) is 5.43. The molecule has 9 aromatic rings. The summed E-state index contributed by atoms with van der Waals surface area (Å²) < 4.78 is 0. The quantitative estimate of drug-likeness (QED) is 0.180.